The monoisotopic (exact) mass is 712 g/mol. The van der Waals surface area contributed by atoms with Crippen molar-refractivity contribution in [1.29, 1.82) is 0 Å². The van der Waals surface area contributed by atoms with Crippen LogP contribution in [-0.4, -0.2) is 134 Å². The standard InChI is InChI=1S/C37H60O13/c1-16-10-17-20(47-30(16)45)12-35(5)29-19(48-32-28(44)26(42)25(41)21(13-38)49-32)11-22-33(2,3)23(50-31-27(43)24(40)18(39)14-46-31)6-7-36(22)15-37(29,36)9-8-34(17,35)4/h16-32,38-45H,6-15H2,1-5H3/t16-,17-,18+,19+,20-,21+,22-,23-,24-,25+,26-,27+,28+,29-,30+,31+,32+,34+,35-,36+,37-/m0/s1. The summed E-state index contributed by atoms with van der Waals surface area (Å²) in [6.07, 6.45) is -6.59. The molecule has 0 bridgehead atoms. The fraction of sp³-hybridized carbons (Fsp3) is 1.00. The largest absolute Gasteiger partial charge is 0.394 e. The molecule has 21 atom stereocenters. The maximum atomic E-state index is 11.2. The van der Waals surface area contributed by atoms with Crippen LogP contribution in [0.15, 0.2) is 0 Å². The van der Waals surface area contributed by atoms with Crippen molar-refractivity contribution in [3.8, 4) is 0 Å². The van der Waals surface area contributed by atoms with E-state index in [0.29, 0.717) is 6.42 Å². The van der Waals surface area contributed by atoms with Crippen LogP contribution >= 0.6 is 0 Å². The number of hydrogen-bond donors (Lipinski definition) is 8. The summed E-state index contributed by atoms with van der Waals surface area (Å²) >= 11 is 0. The number of hydrogen-bond acceptors (Lipinski definition) is 13. The molecule has 5 saturated carbocycles. The van der Waals surface area contributed by atoms with Crippen LogP contribution in [0.1, 0.15) is 86.0 Å². The van der Waals surface area contributed by atoms with Gasteiger partial charge in [-0.15, -0.1) is 0 Å². The van der Waals surface area contributed by atoms with Gasteiger partial charge in [0.05, 0.1) is 31.5 Å². The molecular weight excluding hydrogens is 652 g/mol. The minimum atomic E-state index is -1.55. The van der Waals surface area contributed by atoms with Crippen molar-refractivity contribution >= 4 is 0 Å². The van der Waals surface area contributed by atoms with Crippen molar-refractivity contribution in [2.45, 2.75) is 166 Å². The topological polar surface area (TPSA) is 208 Å². The van der Waals surface area contributed by atoms with Gasteiger partial charge in [0.1, 0.15) is 42.7 Å². The number of ether oxygens (including phenoxy) is 5. The van der Waals surface area contributed by atoms with E-state index in [1.54, 1.807) is 0 Å². The summed E-state index contributed by atoms with van der Waals surface area (Å²) in [5, 5.41) is 84.4. The third kappa shape index (κ3) is 4.78. The highest BCUT2D eigenvalue weighted by molar-refractivity contribution is 5.33. The van der Waals surface area contributed by atoms with Crippen LogP contribution < -0.4 is 0 Å². The van der Waals surface area contributed by atoms with Gasteiger partial charge in [0.25, 0.3) is 0 Å². The molecular formula is C37H60O13. The molecule has 8 N–H and O–H groups in total. The van der Waals surface area contributed by atoms with Gasteiger partial charge in [0.15, 0.2) is 18.9 Å². The highest BCUT2D eigenvalue weighted by Crippen LogP contribution is 2.89. The molecule has 8 aliphatic rings. The van der Waals surface area contributed by atoms with Gasteiger partial charge in [-0.1, -0.05) is 34.6 Å². The predicted molar refractivity (Wildman–Crippen MR) is 174 cm³/mol. The molecule has 0 aromatic rings. The SMILES string of the molecule is C[C@H]1C[C@H]2[C@H](C[C@@]3(C)[C@@H]4[C@H](O[C@@H]5O[C@H](CO)[C@@H](O)[C@H](O)[C@H]5O)C[C@H]5C(C)(C)[C@@H](O[C@H]6OC[C@@H](O)[C@H](O)[C@H]6O)CC[C@@]56C[C@@]46CC[C@]23C)O[C@H]1O. The number of rotatable bonds is 5. The molecule has 3 heterocycles. The van der Waals surface area contributed by atoms with E-state index in [4.69, 9.17) is 23.7 Å². The van der Waals surface area contributed by atoms with Crippen molar-refractivity contribution < 1.29 is 64.5 Å². The summed E-state index contributed by atoms with van der Waals surface area (Å²) < 4.78 is 31.4. The van der Waals surface area contributed by atoms with E-state index >= 15 is 0 Å². The van der Waals surface area contributed by atoms with E-state index in [9.17, 15) is 40.9 Å². The van der Waals surface area contributed by atoms with E-state index in [-0.39, 0.29) is 64.1 Å². The zero-order chi connectivity index (χ0) is 35.9. The number of aliphatic hydroxyl groups excluding tert-OH is 8. The average molecular weight is 713 g/mol. The molecule has 0 amide bonds. The van der Waals surface area contributed by atoms with Gasteiger partial charge in [0, 0.05) is 5.92 Å². The van der Waals surface area contributed by atoms with Crippen LogP contribution in [0.3, 0.4) is 0 Å². The van der Waals surface area contributed by atoms with Crippen LogP contribution in [0, 0.1) is 50.7 Å². The summed E-state index contributed by atoms with van der Waals surface area (Å²) in [6.45, 7) is 10.5. The summed E-state index contributed by atoms with van der Waals surface area (Å²) in [5.41, 5.74) is -0.840. The molecule has 3 aliphatic heterocycles. The van der Waals surface area contributed by atoms with Crippen molar-refractivity contribution in [3.63, 3.8) is 0 Å². The van der Waals surface area contributed by atoms with Gasteiger partial charge in [-0.25, -0.2) is 0 Å². The van der Waals surface area contributed by atoms with E-state index in [0.717, 1.165) is 44.9 Å². The Balaban J connectivity index is 1.15. The van der Waals surface area contributed by atoms with Gasteiger partial charge in [-0.2, -0.15) is 0 Å². The molecule has 8 fully saturated rings. The fourth-order valence-electron chi connectivity index (χ4n) is 13.6. The van der Waals surface area contributed by atoms with Crippen molar-refractivity contribution in [3.05, 3.63) is 0 Å². The first kappa shape index (κ1) is 36.5. The lowest BCUT2D eigenvalue weighted by Crippen LogP contribution is -2.65. The van der Waals surface area contributed by atoms with E-state index in [1.165, 1.54) is 0 Å². The van der Waals surface area contributed by atoms with E-state index in [1.807, 2.05) is 0 Å². The van der Waals surface area contributed by atoms with Crippen molar-refractivity contribution in [2.75, 3.05) is 13.2 Å². The lowest BCUT2D eigenvalue weighted by atomic mass is 9.41. The quantitative estimate of drug-likeness (QED) is 0.182. The average Bonchev–Trinajstić information content (AvgIpc) is 3.67. The molecule has 286 valence electrons. The third-order valence-electron chi connectivity index (χ3n) is 16.5. The molecule has 2 spiro atoms. The Morgan fingerprint density at radius 1 is 0.740 bits per heavy atom. The molecule has 3 saturated heterocycles. The second kappa shape index (κ2) is 12.0. The highest BCUT2D eigenvalue weighted by Gasteiger charge is 2.85. The lowest BCUT2D eigenvalue weighted by molar-refractivity contribution is -0.335. The maximum Gasteiger partial charge on any atom is 0.186 e. The Hall–Kier alpha value is -0.520. The lowest BCUT2D eigenvalue weighted by Gasteiger charge is -2.65. The maximum absolute atomic E-state index is 11.2. The van der Waals surface area contributed by atoms with Gasteiger partial charge in [-0.3, -0.25) is 0 Å². The Kier molecular flexibility index (Phi) is 8.74. The molecule has 0 aromatic carbocycles. The molecule has 0 aromatic heterocycles. The summed E-state index contributed by atoms with van der Waals surface area (Å²) in [5.74, 6) is 0.459. The fourth-order valence-corrected chi connectivity index (χ4v) is 13.6. The first-order valence-electron chi connectivity index (χ1n) is 19.1. The molecule has 0 radical (unpaired) electrons. The molecule has 8 rings (SSSR count). The predicted octanol–water partition coefficient (Wildman–Crippen LogP) is 0.398. The second-order valence-electron chi connectivity index (χ2n) is 18.8. The molecule has 13 nitrogen and oxygen atoms in total. The minimum Gasteiger partial charge on any atom is -0.394 e. The van der Waals surface area contributed by atoms with Gasteiger partial charge in [-0.05, 0) is 96.2 Å². The van der Waals surface area contributed by atoms with Gasteiger partial charge in [0.2, 0.25) is 0 Å². The minimum absolute atomic E-state index is 0.00375. The summed E-state index contributed by atoms with van der Waals surface area (Å²) in [4.78, 5) is 0. The first-order chi connectivity index (χ1) is 23.5. The number of aliphatic hydroxyl groups is 8. The van der Waals surface area contributed by atoms with E-state index in [2.05, 4.69) is 34.6 Å². The van der Waals surface area contributed by atoms with Crippen LogP contribution in [0.25, 0.3) is 0 Å². The third-order valence-corrected chi connectivity index (χ3v) is 16.5. The zero-order valence-electron chi connectivity index (χ0n) is 30.0. The molecule has 50 heavy (non-hydrogen) atoms. The van der Waals surface area contributed by atoms with Crippen LogP contribution in [0.2, 0.25) is 0 Å². The Morgan fingerprint density at radius 3 is 2.18 bits per heavy atom. The molecule has 5 aliphatic carbocycles. The van der Waals surface area contributed by atoms with E-state index < -0.39 is 79.7 Å². The Bertz CT molecular complexity index is 1300. The van der Waals surface area contributed by atoms with Gasteiger partial charge >= 0.3 is 0 Å². The molecule has 13 heteroatoms. The Morgan fingerprint density at radius 2 is 1.46 bits per heavy atom. The zero-order valence-corrected chi connectivity index (χ0v) is 30.0. The molecule has 0 unspecified atom stereocenters. The first-order valence-corrected chi connectivity index (χ1v) is 19.1. The smallest absolute Gasteiger partial charge is 0.186 e. The van der Waals surface area contributed by atoms with Crippen molar-refractivity contribution in [1.82, 2.24) is 0 Å². The van der Waals surface area contributed by atoms with Crippen molar-refractivity contribution in [2.24, 2.45) is 50.7 Å². The van der Waals surface area contributed by atoms with Crippen LogP contribution in [0.4, 0.5) is 0 Å². The van der Waals surface area contributed by atoms with Crippen LogP contribution in [0.5, 0.6) is 0 Å². The highest BCUT2D eigenvalue weighted by atomic mass is 16.7. The van der Waals surface area contributed by atoms with Gasteiger partial charge < -0.3 is 64.5 Å². The summed E-state index contributed by atoms with van der Waals surface area (Å²) in [6, 6.07) is 0. The summed E-state index contributed by atoms with van der Waals surface area (Å²) in [7, 11) is 0. The second-order valence-corrected chi connectivity index (χ2v) is 18.8. The van der Waals surface area contributed by atoms with Crippen LogP contribution in [-0.2, 0) is 23.7 Å². The normalized spacial score (nSPS) is 61.3. The number of fused-ring (bicyclic) bond motifs is 4. The Labute approximate surface area is 294 Å².